The van der Waals surface area contributed by atoms with Gasteiger partial charge in [-0.3, -0.25) is 13.9 Å². The Kier molecular flexibility index (Phi) is 10.4. The number of carbonyl (C=O) groups is 2. The van der Waals surface area contributed by atoms with Crippen molar-refractivity contribution < 1.29 is 18.0 Å². The minimum Gasteiger partial charge on any atom is -0.350 e. The molecular formula is C29H33ClIN3O4S. The van der Waals surface area contributed by atoms with Crippen LogP contribution in [0.15, 0.2) is 78.9 Å². The van der Waals surface area contributed by atoms with Gasteiger partial charge in [-0.05, 0) is 90.9 Å². The molecule has 0 saturated heterocycles. The third-order valence-electron chi connectivity index (χ3n) is 5.83. The van der Waals surface area contributed by atoms with Gasteiger partial charge in [0, 0.05) is 27.1 Å². The molecule has 0 aliphatic heterocycles. The number of rotatable bonds is 10. The van der Waals surface area contributed by atoms with Crippen molar-refractivity contribution in [2.75, 3.05) is 17.1 Å². The summed E-state index contributed by atoms with van der Waals surface area (Å²) in [6.45, 7) is 5.25. The number of anilines is 1. The van der Waals surface area contributed by atoms with Crippen LogP contribution in [0.2, 0.25) is 5.02 Å². The standard InChI is InChI=1S/C29H33ClIN3O4S/c1-29(2,3)32-28(36)26(18-21-8-6-5-7-9-21)33(19-22-10-12-23(30)13-11-22)27(35)20-34(39(4,37)38)25-16-14-24(31)15-17-25/h5-17,26H,18-20H2,1-4H3,(H,32,36)/t26-/m1/s1. The Hall–Kier alpha value is -2.63. The number of carbonyl (C=O) groups excluding carboxylic acids is 2. The van der Waals surface area contributed by atoms with Crippen LogP contribution in [0.4, 0.5) is 5.69 Å². The summed E-state index contributed by atoms with van der Waals surface area (Å²) in [6, 6.07) is 22.4. The van der Waals surface area contributed by atoms with Crippen molar-refractivity contribution in [1.29, 1.82) is 0 Å². The number of nitrogens with zero attached hydrogens (tertiary/aromatic N) is 2. The summed E-state index contributed by atoms with van der Waals surface area (Å²) >= 11 is 8.21. The van der Waals surface area contributed by atoms with E-state index in [1.165, 1.54) is 4.90 Å². The topological polar surface area (TPSA) is 86.8 Å². The highest BCUT2D eigenvalue weighted by Crippen LogP contribution is 2.22. The Morgan fingerprint density at radius 1 is 0.923 bits per heavy atom. The van der Waals surface area contributed by atoms with Gasteiger partial charge in [-0.1, -0.05) is 54.1 Å². The lowest BCUT2D eigenvalue weighted by Crippen LogP contribution is -2.56. The molecule has 0 aliphatic carbocycles. The fraction of sp³-hybridized carbons (Fsp3) is 0.310. The van der Waals surface area contributed by atoms with Crippen LogP contribution in [0.1, 0.15) is 31.9 Å². The smallest absolute Gasteiger partial charge is 0.244 e. The first-order valence-corrected chi connectivity index (χ1v) is 15.7. The van der Waals surface area contributed by atoms with E-state index >= 15 is 0 Å². The SMILES string of the molecule is CC(C)(C)NC(=O)[C@@H](Cc1ccccc1)N(Cc1ccc(Cl)cc1)C(=O)CN(c1ccc(I)cc1)S(C)(=O)=O. The lowest BCUT2D eigenvalue weighted by molar-refractivity contribution is -0.140. The zero-order valence-corrected chi connectivity index (χ0v) is 26.1. The van der Waals surface area contributed by atoms with Crippen molar-refractivity contribution in [2.24, 2.45) is 0 Å². The van der Waals surface area contributed by atoms with Crippen LogP contribution in [0.3, 0.4) is 0 Å². The third-order valence-corrected chi connectivity index (χ3v) is 7.94. The van der Waals surface area contributed by atoms with Gasteiger partial charge in [0.15, 0.2) is 0 Å². The summed E-state index contributed by atoms with van der Waals surface area (Å²) in [5.41, 5.74) is 1.46. The predicted octanol–water partition coefficient (Wildman–Crippen LogP) is 5.27. The molecule has 10 heteroatoms. The summed E-state index contributed by atoms with van der Waals surface area (Å²) < 4.78 is 27.6. The van der Waals surface area contributed by atoms with Crippen molar-refractivity contribution >= 4 is 61.7 Å². The molecule has 0 aromatic heterocycles. The maximum atomic E-state index is 14.0. The Labute approximate surface area is 249 Å². The quantitative estimate of drug-likeness (QED) is 0.296. The molecule has 0 radical (unpaired) electrons. The van der Waals surface area contributed by atoms with Crippen LogP contribution in [0, 0.1) is 3.57 Å². The summed E-state index contributed by atoms with van der Waals surface area (Å²) in [7, 11) is -3.81. The van der Waals surface area contributed by atoms with Crippen LogP contribution in [0.5, 0.6) is 0 Å². The average molecular weight is 682 g/mol. The van der Waals surface area contributed by atoms with Gasteiger partial charge < -0.3 is 10.2 Å². The van der Waals surface area contributed by atoms with Gasteiger partial charge in [0.25, 0.3) is 0 Å². The first-order chi connectivity index (χ1) is 18.2. The molecule has 0 aliphatic rings. The largest absolute Gasteiger partial charge is 0.350 e. The average Bonchev–Trinajstić information content (AvgIpc) is 2.85. The van der Waals surface area contributed by atoms with Gasteiger partial charge in [-0.25, -0.2) is 8.42 Å². The van der Waals surface area contributed by atoms with Crippen LogP contribution in [-0.2, 0) is 32.6 Å². The van der Waals surface area contributed by atoms with Gasteiger partial charge in [0.05, 0.1) is 11.9 Å². The molecule has 7 nitrogen and oxygen atoms in total. The van der Waals surface area contributed by atoms with Gasteiger partial charge >= 0.3 is 0 Å². The Morgan fingerprint density at radius 2 is 1.51 bits per heavy atom. The number of halogens is 2. The zero-order valence-electron chi connectivity index (χ0n) is 22.4. The van der Waals surface area contributed by atoms with E-state index in [0.29, 0.717) is 10.7 Å². The molecule has 1 atom stereocenters. The Bertz CT molecular complexity index is 1380. The minimum absolute atomic E-state index is 0.0926. The molecule has 0 bridgehead atoms. The van der Waals surface area contributed by atoms with E-state index in [4.69, 9.17) is 11.6 Å². The Balaban J connectivity index is 2.06. The van der Waals surface area contributed by atoms with Gasteiger partial charge in [-0.15, -0.1) is 0 Å². The van der Waals surface area contributed by atoms with Crippen molar-refractivity contribution in [3.05, 3.63) is 98.6 Å². The molecule has 3 aromatic rings. The van der Waals surface area contributed by atoms with Crippen LogP contribution < -0.4 is 9.62 Å². The molecule has 0 heterocycles. The highest BCUT2D eigenvalue weighted by molar-refractivity contribution is 14.1. The van der Waals surface area contributed by atoms with Gasteiger partial charge in [-0.2, -0.15) is 0 Å². The molecule has 0 saturated carbocycles. The molecule has 3 aromatic carbocycles. The van der Waals surface area contributed by atoms with E-state index in [2.05, 4.69) is 27.9 Å². The van der Waals surface area contributed by atoms with Crippen molar-refractivity contribution in [1.82, 2.24) is 10.2 Å². The lowest BCUT2D eigenvalue weighted by atomic mass is 10.0. The number of nitrogens with one attached hydrogen (secondary N) is 1. The molecule has 2 amide bonds. The summed E-state index contributed by atoms with van der Waals surface area (Å²) in [5.74, 6) is -0.826. The van der Waals surface area contributed by atoms with E-state index < -0.39 is 34.1 Å². The van der Waals surface area contributed by atoms with E-state index in [1.54, 1.807) is 48.5 Å². The van der Waals surface area contributed by atoms with Crippen molar-refractivity contribution in [2.45, 2.75) is 45.3 Å². The summed E-state index contributed by atoms with van der Waals surface area (Å²) in [5, 5.41) is 3.55. The molecule has 0 fully saturated rings. The molecule has 39 heavy (non-hydrogen) atoms. The van der Waals surface area contributed by atoms with Crippen LogP contribution in [-0.4, -0.2) is 49.5 Å². The predicted molar refractivity (Wildman–Crippen MR) is 165 cm³/mol. The fourth-order valence-electron chi connectivity index (χ4n) is 4.01. The first kappa shape index (κ1) is 30.9. The molecule has 3 rings (SSSR count). The third kappa shape index (κ3) is 9.51. The van der Waals surface area contributed by atoms with Crippen LogP contribution >= 0.6 is 34.2 Å². The second-order valence-electron chi connectivity index (χ2n) is 10.3. The number of hydrogen-bond acceptors (Lipinski definition) is 4. The molecule has 1 N–H and O–H groups in total. The number of sulfonamides is 1. The van der Waals surface area contributed by atoms with E-state index in [-0.39, 0.29) is 18.9 Å². The normalized spacial score (nSPS) is 12.5. The first-order valence-electron chi connectivity index (χ1n) is 12.4. The second-order valence-corrected chi connectivity index (χ2v) is 13.9. The van der Waals surface area contributed by atoms with Gasteiger partial charge in [0.1, 0.15) is 12.6 Å². The van der Waals surface area contributed by atoms with E-state index in [9.17, 15) is 18.0 Å². The highest BCUT2D eigenvalue weighted by atomic mass is 127. The molecule has 208 valence electrons. The minimum atomic E-state index is -3.81. The molecule has 0 unspecified atom stereocenters. The number of hydrogen-bond donors (Lipinski definition) is 1. The fourth-order valence-corrected chi connectivity index (χ4v) is 5.35. The van der Waals surface area contributed by atoms with Gasteiger partial charge in [0.2, 0.25) is 21.8 Å². The zero-order chi connectivity index (χ0) is 28.8. The summed E-state index contributed by atoms with van der Waals surface area (Å²) in [4.78, 5) is 29.2. The molecule has 0 spiro atoms. The van der Waals surface area contributed by atoms with Crippen molar-refractivity contribution in [3.63, 3.8) is 0 Å². The Morgan fingerprint density at radius 3 is 2.05 bits per heavy atom. The maximum Gasteiger partial charge on any atom is 0.244 e. The highest BCUT2D eigenvalue weighted by Gasteiger charge is 2.34. The lowest BCUT2D eigenvalue weighted by Gasteiger charge is -2.35. The molecular weight excluding hydrogens is 649 g/mol. The second kappa shape index (κ2) is 13.1. The monoisotopic (exact) mass is 681 g/mol. The maximum absolute atomic E-state index is 14.0. The van der Waals surface area contributed by atoms with E-state index in [0.717, 1.165) is 25.3 Å². The van der Waals surface area contributed by atoms with Crippen LogP contribution in [0.25, 0.3) is 0 Å². The number of amides is 2. The number of benzene rings is 3. The summed E-state index contributed by atoms with van der Waals surface area (Å²) in [6.07, 6.45) is 1.32. The van der Waals surface area contributed by atoms with E-state index in [1.807, 2.05) is 51.1 Å². The van der Waals surface area contributed by atoms with Crippen molar-refractivity contribution in [3.8, 4) is 0 Å².